The summed E-state index contributed by atoms with van der Waals surface area (Å²) in [6.45, 7) is 4.07. The van der Waals surface area contributed by atoms with Crippen LogP contribution in [-0.2, 0) is 9.59 Å². The van der Waals surface area contributed by atoms with Crippen molar-refractivity contribution in [3.05, 3.63) is 0 Å². The molecule has 0 radical (unpaired) electrons. The van der Waals surface area contributed by atoms with Gasteiger partial charge in [0.25, 0.3) is 0 Å². The Labute approximate surface area is 133 Å². The molecule has 2 rings (SSSR count). The molecule has 2 amide bonds. The monoisotopic (exact) mass is 317 g/mol. The molecule has 0 spiro atoms. The maximum absolute atomic E-state index is 12.1. The number of rotatable bonds is 5. The molecule has 1 aliphatic carbocycles. The fourth-order valence-electron chi connectivity index (χ4n) is 3.27. The number of nitrogens with one attached hydrogen (secondary N) is 1. The summed E-state index contributed by atoms with van der Waals surface area (Å²) in [5.74, 6) is 0.779. The van der Waals surface area contributed by atoms with E-state index in [1.165, 1.54) is 12.8 Å². The molecule has 1 saturated carbocycles. The summed E-state index contributed by atoms with van der Waals surface area (Å²) in [5, 5.41) is 2.88. The minimum Gasteiger partial charge on any atom is -0.356 e. The highest BCUT2D eigenvalue weighted by Crippen LogP contribution is 2.31. The van der Waals surface area contributed by atoms with Gasteiger partial charge in [-0.1, -0.05) is 6.92 Å². The standard InChI is InChI=1S/C15H27N3O2.ClH/c1-11-3-5-13(6-4-11)18-10-12(9-14(18)19)15(20)17-8-2-7-16;/h11-13H,2-10,16H2,1H3,(H,17,20);1H. The maximum atomic E-state index is 12.1. The van der Waals surface area contributed by atoms with Crippen molar-refractivity contribution in [1.29, 1.82) is 0 Å². The molecule has 6 heteroatoms. The Balaban J connectivity index is 0.00000220. The molecule has 21 heavy (non-hydrogen) atoms. The Morgan fingerprint density at radius 2 is 2.00 bits per heavy atom. The van der Waals surface area contributed by atoms with Gasteiger partial charge in [-0.25, -0.2) is 0 Å². The van der Waals surface area contributed by atoms with Crippen molar-refractivity contribution in [2.45, 2.75) is 51.5 Å². The van der Waals surface area contributed by atoms with Crippen LogP contribution in [0.15, 0.2) is 0 Å². The largest absolute Gasteiger partial charge is 0.356 e. The van der Waals surface area contributed by atoms with Gasteiger partial charge in [0.2, 0.25) is 11.8 Å². The smallest absolute Gasteiger partial charge is 0.225 e. The average molecular weight is 318 g/mol. The zero-order chi connectivity index (χ0) is 14.5. The van der Waals surface area contributed by atoms with Crippen LogP contribution in [0.25, 0.3) is 0 Å². The molecule has 1 unspecified atom stereocenters. The van der Waals surface area contributed by atoms with E-state index in [2.05, 4.69) is 12.2 Å². The fourth-order valence-corrected chi connectivity index (χ4v) is 3.27. The maximum Gasteiger partial charge on any atom is 0.225 e. The van der Waals surface area contributed by atoms with Crippen molar-refractivity contribution < 1.29 is 9.59 Å². The van der Waals surface area contributed by atoms with Gasteiger partial charge in [-0.15, -0.1) is 12.4 Å². The van der Waals surface area contributed by atoms with E-state index in [0.29, 0.717) is 32.1 Å². The van der Waals surface area contributed by atoms with Crippen LogP contribution in [0.2, 0.25) is 0 Å². The quantitative estimate of drug-likeness (QED) is 0.750. The summed E-state index contributed by atoms with van der Waals surface area (Å²) in [7, 11) is 0. The SMILES string of the molecule is CC1CCC(N2CC(C(=O)NCCCN)CC2=O)CC1.Cl. The van der Waals surface area contributed by atoms with Crippen molar-refractivity contribution >= 4 is 24.2 Å². The Hall–Kier alpha value is -0.810. The van der Waals surface area contributed by atoms with Gasteiger partial charge in [0, 0.05) is 25.6 Å². The normalized spacial score (nSPS) is 29.1. The van der Waals surface area contributed by atoms with E-state index in [-0.39, 0.29) is 30.1 Å². The number of nitrogens with two attached hydrogens (primary N) is 1. The summed E-state index contributed by atoms with van der Waals surface area (Å²) in [5.41, 5.74) is 5.41. The van der Waals surface area contributed by atoms with Crippen molar-refractivity contribution in [3.8, 4) is 0 Å². The van der Waals surface area contributed by atoms with Crippen molar-refractivity contribution in [2.24, 2.45) is 17.6 Å². The van der Waals surface area contributed by atoms with Crippen LogP contribution in [0, 0.1) is 11.8 Å². The van der Waals surface area contributed by atoms with Crippen LogP contribution < -0.4 is 11.1 Å². The zero-order valence-corrected chi connectivity index (χ0v) is 13.7. The van der Waals surface area contributed by atoms with E-state index in [9.17, 15) is 9.59 Å². The van der Waals surface area contributed by atoms with Gasteiger partial charge in [-0.05, 0) is 44.6 Å². The molecule has 1 heterocycles. The van der Waals surface area contributed by atoms with Crippen LogP contribution in [-0.4, -0.2) is 42.4 Å². The van der Waals surface area contributed by atoms with Crippen LogP contribution in [0.1, 0.15) is 45.4 Å². The highest BCUT2D eigenvalue weighted by molar-refractivity contribution is 5.89. The van der Waals surface area contributed by atoms with E-state index in [4.69, 9.17) is 5.73 Å². The first-order chi connectivity index (χ1) is 9.61. The molecule has 2 fully saturated rings. The Kier molecular flexibility index (Phi) is 7.46. The van der Waals surface area contributed by atoms with E-state index in [1.807, 2.05) is 4.90 Å². The number of halogens is 1. The Morgan fingerprint density at radius 3 is 2.62 bits per heavy atom. The minimum atomic E-state index is -0.167. The molecule has 5 nitrogen and oxygen atoms in total. The predicted octanol–water partition coefficient (Wildman–Crippen LogP) is 1.30. The molecule has 1 aliphatic heterocycles. The van der Waals surface area contributed by atoms with Crippen LogP contribution >= 0.6 is 12.4 Å². The average Bonchev–Trinajstić information content (AvgIpc) is 2.82. The Morgan fingerprint density at radius 1 is 1.33 bits per heavy atom. The second-order valence-electron chi connectivity index (χ2n) is 6.29. The number of amides is 2. The lowest BCUT2D eigenvalue weighted by Crippen LogP contribution is -2.40. The molecule has 2 aliphatic rings. The number of nitrogens with zero attached hydrogens (tertiary/aromatic N) is 1. The number of hydrogen-bond acceptors (Lipinski definition) is 3. The van der Waals surface area contributed by atoms with Gasteiger partial charge in [-0.3, -0.25) is 9.59 Å². The van der Waals surface area contributed by atoms with Crippen molar-refractivity contribution in [2.75, 3.05) is 19.6 Å². The van der Waals surface area contributed by atoms with Crippen molar-refractivity contribution in [3.63, 3.8) is 0 Å². The molecule has 0 aromatic heterocycles. The number of carbonyl (C=O) groups excluding carboxylic acids is 2. The van der Waals surface area contributed by atoms with Gasteiger partial charge < -0.3 is 16.0 Å². The van der Waals surface area contributed by atoms with Gasteiger partial charge in [-0.2, -0.15) is 0 Å². The summed E-state index contributed by atoms with van der Waals surface area (Å²) in [6.07, 6.45) is 5.74. The highest BCUT2D eigenvalue weighted by atomic mass is 35.5. The van der Waals surface area contributed by atoms with E-state index >= 15 is 0 Å². The summed E-state index contributed by atoms with van der Waals surface area (Å²) < 4.78 is 0. The van der Waals surface area contributed by atoms with Gasteiger partial charge >= 0.3 is 0 Å². The van der Waals surface area contributed by atoms with Crippen LogP contribution in [0.4, 0.5) is 0 Å². The lowest BCUT2D eigenvalue weighted by Gasteiger charge is -2.33. The number of hydrogen-bond donors (Lipinski definition) is 2. The summed E-state index contributed by atoms with van der Waals surface area (Å²) in [4.78, 5) is 26.1. The third-order valence-electron chi connectivity index (χ3n) is 4.64. The molecule has 0 aromatic carbocycles. The molecule has 1 saturated heterocycles. The second kappa shape index (κ2) is 8.59. The molecule has 0 aromatic rings. The van der Waals surface area contributed by atoms with Gasteiger partial charge in [0.1, 0.15) is 0 Å². The third kappa shape index (κ3) is 4.85. The molecular weight excluding hydrogens is 290 g/mol. The lowest BCUT2D eigenvalue weighted by atomic mass is 9.87. The third-order valence-corrected chi connectivity index (χ3v) is 4.64. The molecule has 1 atom stereocenters. The van der Waals surface area contributed by atoms with Gasteiger partial charge in [0.05, 0.1) is 5.92 Å². The van der Waals surface area contributed by atoms with Crippen molar-refractivity contribution in [1.82, 2.24) is 10.2 Å². The Bertz CT molecular complexity index is 357. The number of likely N-dealkylation sites (tertiary alicyclic amines) is 1. The molecular formula is C15H28ClN3O2. The zero-order valence-electron chi connectivity index (χ0n) is 12.8. The van der Waals surface area contributed by atoms with E-state index in [0.717, 1.165) is 25.2 Å². The topological polar surface area (TPSA) is 75.4 Å². The van der Waals surface area contributed by atoms with E-state index < -0.39 is 0 Å². The predicted molar refractivity (Wildman–Crippen MR) is 85.2 cm³/mol. The van der Waals surface area contributed by atoms with Gasteiger partial charge in [0.15, 0.2) is 0 Å². The minimum absolute atomic E-state index is 0. The van der Waals surface area contributed by atoms with Crippen LogP contribution in [0.3, 0.4) is 0 Å². The lowest BCUT2D eigenvalue weighted by molar-refractivity contribution is -0.130. The molecule has 122 valence electrons. The fraction of sp³-hybridized carbons (Fsp3) is 0.867. The first-order valence-corrected chi connectivity index (χ1v) is 7.89. The summed E-state index contributed by atoms with van der Waals surface area (Å²) in [6, 6.07) is 0.362. The molecule has 0 bridgehead atoms. The van der Waals surface area contributed by atoms with E-state index in [1.54, 1.807) is 0 Å². The first kappa shape index (κ1) is 18.2. The summed E-state index contributed by atoms with van der Waals surface area (Å²) >= 11 is 0. The number of carbonyl (C=O) groups is 2. The highest BCUT2D eigenvalue weighted by Gasteiger charge is 2.38. The van der Waals surface area contributed by atoms with Crippen LogP contribution in [0.5, 0.6) is 0 Å². The first-order valence-electron chi connectivity index (χ1n) is 7.89. The molecule has 3 N–H and O–H groups in total. The second-order valence-corrected chi connectivity index (χ2v) is 6.29.